The first-order chi connectivity index (χ1) is 13.1. The van der Waals surface area contributed by atoms with Crippen molar-refractivity contribution in [2.45, 2.75) is 116 Å². The molecule has 2 aliphatic carbocycles. The number of hydrazine groups is 1. The molecule has 3 fully saturated rings. The molecular weight excluding hydrogens is 330 g/mol. The van der Waals surface area contributed by atoms with E-state index >= 15 is 0 Å². The summed E-state index contributed by atoms with van der Waals surface area (Å²) >= 11 is 0. The smallest absolute Gasteiger partial charge is 0.0429 e. The lowest BCUT2D eigenvalue weighted by Gasteiger charge is -2.46. The molecule has 1 saturated heterocycles. The van der Waals surface area contributed by atoms with Crippen LogP contribution in [0.5, 0.6) is 0 Å². The topological polar surface area (TPSA) is 41.3 Å². The van der Waals surface area contributed by atoms with Crippen LogP contribution in [-0.4, -0.2) is 29.7 Å². The van der Waals surface area contributed by atoms with E-state index in [0.29, 0.717) is 24.0 Å². The van der Waals surface area contributed by atoms with Crippen LogP contribution < -0.4 is 11.2 Å². The minimum absolute atomic E-state index is 0.516. The molecule has 3 aliphatic rings. The second-order valence-corrected chi connectivity index (χ2v) is 10.2. The average Bonchev–Trinajstić information content (AvgIpc) is 2.95. The van der Waals surface area contributed by atoms with Crippen molar-refractivity contribution in [3.63, 3.8) is 0 Å². The largest absolute Gasteiger partial charge is 0.312 e. The summed E-state index contributed by atoms with van der Waals surface area (Å²) in [6, 6.07) is 1.71. The first-order valence-corrected chi connectivity index (χ1v) is 12.4. The fourth-order valence-electron chi connectivity index (χ4n) is 6.92. The third-order valence-corrected chi connectivity index (χ3v) is 8.65. The van der Waals surface area contributed by atoms with Gasteiger partial charge in [-0.15, -0.1) is 0 Å². The number of unbranched alkanes of at least 4 members (excludes halogenated alkanes) is 3. The maximum Gasteiger partial charge on any atom is 0.0429 e. The molecule has 0 radical (unpaired) electrons. The van der Waals surface area contributed by atoms with Crippen molar-refractivity contribution in [1.82, 2.24) is 10.3 Å². The molecule has 0 aromatic rings. The molecule has 3 N–H and O–H groups in total. The van der Waals surface area contributed by atoms with Gasteiger partial charge in [0.25, 0.3) is 0 Å². The van der Waals surface area contributed by atoms with Gasteiger partial charge in [0.1, 0.15) is 0 Å². The highest BCUT2D eigenvalue weighted by Crippen LogP contribution is 2.52. The molecule has 27 heavy (non-hydrogen) atoms. The molecular formula is C24H47N3. The quantitative estimate of drug-likeness (QED) is 0.420. The summed E-state index contributed by atoms with van der Waals surface area (Å²) in [7, 11) is 0. The van der Waals surface area contributed by atoms with E-state index < -0.39 is 0 Å². The highest BCUT2D eigenvalue weighted by atomic mass is 15.5. The van der Waals surface area contributed by atoms with Crippen LogP contribution in [0.15, 0.2) is 0 Å². The van der Waals surface area contributed by atoms with E-state index in [9.17, 15) is 0 Å². The number of nitrogens with two attached hydrogens (primary N) is 1. The van der Waals surface area contributed by atoms with Gasteiger partial charge < -0.3 is 5.32 Å². The molecule has 158 valence electrons. The van der Waals surface area contributed by atoms with Crippen LogP contribution in [0.4, 0.5) is 0 Å². The summed E-state index contributed by atoms with van der Waals surface area (Å²) in [4.78, 5) is 0. The summed E-state index contributed by atoms with van der Waals surface area (Å²) in [6.45, 7) is 10.8. The normalized spacial score (nSPS) is 39.0. The van der Waals surface area contributed by atoms with Gasteiger partial charge in [-0.3, -0.25) is 5.84 Å². The maximum atomic E-state index is 6.97. The molecule has 2 saturated carbocycles. The standard InChI is InChI=1S/C24H47N3/c1-5-7-8-11-16-26-22(17(3)6-2)23-18(4)20-15-14-19-12-9-10-13-21(19)24(20)27(23)25/h17-24,26H,5-16,25H2,1-4H3. The van der Waals surface area contributed by atoms with Gasteiger partial charge in [0.15, 0.2) is 0 Å². The molecule has 0 amide bonds. The van der Waals surface area contributed by atoms with E-state index in [1.807, 2.05) is 0 Å². The average molecular weight is 378 g/mol. The molecule has 8 atom stereocenters. The zero-order chi connectivity index (χ0) is 19.4. The van der Waals surface area contributed by atoms with Crippen LogP contribution >= 0.6 is 0 Å². The van der Waals surface area contributed by atoms with E-state index in [1.54, 1.807) is 0 Å². The van der Waals surface area contributed by atoms with Gasteiger partial charge >= 0.3 is 0 Å². The van der Waals surface area contributed by atoms with Gasteiger partial charge in [-0.05, 0) is 61.8 Å². The Bertz CT molecular complexity index is 439. The molecule has 3 nitrogen and oxygen atoms in total. The second kappa shape index (κ2) is 10.1. The number of nitrogens with zero attached hydrogens (tertiary/aromatic N) is 1. The minimum atomic E-state index is 0.516. The Morgan fingerprint density at radius 2 is 1.78 bits per heavy atom. The Kier molecular flexibility index (Phi) is 8.05. The van der Waals surface area contributed by atoms with Gasteiger partial charge in [-0.2, -0.15) is 0 Å². The zero-order valence-electron chi connectivity index (χ0n) is 18.6. The number of rotatable bonds is 9. The molecule has 0 aromatic heterocycles. The Morgan fingerprint density at radius 1 is 1.00 bits per heavy atom. The third kappa shape index (κ3) is 4.56. The minimum Gasteiger partial charge on any atom is -0.312 e. The molecule has 8 unspecified atom stereocenters. The number of hydrogen-bond donors (Lipinski definition) is 2. The number of nitrogens with one attached hydrogen (secondary N) is 1. The lowest BCUT2D eigenvalue weighted by atomic mass is 9.63. The SMILES string of the molecule is CCCCCCNC(C(C)CC)C1C(C)C2CCC3CCCCC3C2N1N. The van der Waals surface area contributed by atoms with E-state index in [-0.39, 0.29) is 0 Å². The second-order valence-electron chi connectivity index (χ2n) is 10.2. The van der Waals surface area contributed by atoms with Crippen molar-refractivity contribution < 1.29 is 0 Å². The van der Waals surface area contributed by atoms with Crippen LogP contribution in [-0.2, 0) is 0 Å². The van der Waals surface area contributed by atoms with E-state index in [0.717, 1.165) is 30.2 Å². The van der Waals surface area contributed by atoms with Crippen molar-refractivity contribution in [2.24, 2.45) is 35.4 Å². The lowest BCUT2D eigenvalue weighted by molar-refractivity contribution is 0.0255. The van der Waals surface area contributed by atoms with Crippen LogP contribution in [0.2, 0.25) is 0 Å². The Morgan fingerprint density at radius 3 is 2.52 bits per heavy atom. The van der Waals surface area contributed by atoms with Crippen LogP contribution in [0.3, 0.4) is 0 Å². The monoisotopic (exact) mass is 377 g/mol. The third-order valence-electron chi connectivity index (χ3n) is 8.65. The van der Waals surface area contributed by atoms with Crippen LogP contribution in [0.1, 0.15) is 98.3 Å². The molecule has 3 heteroatoms. The summed E-state index contributed by atoms with van der Waals surface area (Å²) in [5.74, 6) is 11.0. The van der Waals surface area contributed by atoms with Gasteiger partial charge in [0, 0.05) is 18.1 Å². The molecule has 1 aliphatic heterocycles. The lowest BCUT2D eigenvalue weighted by Crippen LogP contribution is -2.58. The summed E-state index contributed by atoms with van der Waals surface area (Å²) in [5, 5.41) is 6.39. The highest BCUT2D eigenvalue weighted by molar-refractivity contribution is 5.07. The van der Waals surface area contributed by atoms with Crippen molar-refractivity contribution in [3.05, 3.63) is 0 Å². The van der Waals surface area contributed by atoms with Crippen molar-refractivity contribution in [2.75, 3.05) is 6.54 Å². The molecule has 1 heterocycles. The molecule has 0 aromatic carbocycles. The summed E-state index contributed by atoms with van der Waals surface area (Å²) in [6.07, 6.45) is 15.3. The van der Waals surface area contributed by atoms with Crippen LogP contribution in [0, 0.1) is 29.6 Å². The highest BCUT2D eigenvalue weighted by Gasteiger charge is 2.54. The molecule has 3 rings (SSSR count). The molecule has 0 spiro atoms. The summed E-state index contributed by atoms with van der Waals surface area (Å²) < 4.78 is 0. The first kappa shape index (κ1) is 21.6. The molecule has 0 bridgehead atoms. The van der Waals surface area contributed by atoms with E-state index in [4.69, 9.17) is 5.84 Å². The van der Waals surface area contributed by atoms with Gasteiger partial charge in [-0.25, -0.2) is 5.01 Å². The fourth-order valence-corrected chi connectivity index (χ4v) is 6.92. The maximum absolute atomic E-state index is 6.97. The van der Waals surface area contributed by atoms with E-state index in [2.05, 4.69) is 38.0 Å². The Labute approximate surface area is 169 Å². The van der Waals surface area contributed by atoms with Gasteiger partial charge in [0.2, 0.25) is 0 Å². The number of fused-ring (bicyclic) bond motifs is 3. The van der Waals surface area contributed by atoms with Gasteiger partial charge in [-0.1, -0.05) is 72.6 Å². The van der Waals surface area contributed by atoms with Crippen molar-refractivity contribution >= 4 is 0 Å². The number of hydrogen-bond acceptors (Lipinski definition) is 3. The Balaban J connectivity index is 1.70. The van der Waals surface area contributed by atoms with E-state index in [1.165, 1.54) is 70.6 Å². The van der Waals surface area contributed by atoms with Crippen molar-refractivity contribution in [1.29, 1.82) is 0 Å². The van der Waals surface area contributed by atoms with Crippen LogP contribution in [0.25, 0.3) is 0 Å². The first-order valence-electron chi connectivity index (χ1n) is 12.4. The Hall–Kier alpha value is -0.120. The van der Waals surface area contributed by atoms with Crippen molar-refractivity contribution in [3.8, 4) is 0 Å². The van der Waals surface area contributed by atoms with Gasteiger partial charge in [0.05, 0.1) is 0 Å². The zero-order valence-corrected chi connectivity index (χ0v) is 18.6. The fraction of sp³-hybridized carbons (Fsp3) is 1.00. The predicted molar refractivity (Wildman–Crippen MR) is 116 cm³/mol. The summed E-state index contributed by atoms with van der Waals surface area (Å²) in [5.41, 5.74) is 0. The predicted octanol–water partition coefficient (Wildman–Crippen LogP) is 5.35.